The summed E-state index contributed by atoms with van der Waals surface area (Å²) >= 11 is 1.77. The van der Waals surface area contributed by atoms with Crippen molar-refractivity contribution in [2.75, 3.05) is 13.1 Å². The number of carboxylic acid groups (broad SMARTS) is 1. The van der Waals surface area contributed by atoms with E-state index < -0.39 is 11.4 Å². The molecular weight excluding hydrogens is 282 g/mol. The Hall–Kier alpha value is -1.39. The molecule has 1 saturated heterocycles. The molecule has 4 heteroatoms. The van der Waals surface area contributed by atoms with Gasteiger partial charge in [0, 0.05) is 17.8 Å². The van der Waals surface area contributed by atoms with E-state index in [9.17, 15) is 9.90 Å². The standard InChI is InChI=1S/C17H21NO2S/c1-2-7-17(16(19)20)8-9-18(12-17)10-13-11-21-15-6-4-3-5-14(13)15/h3-6,11H,2,7-10,12H2,1H3,(H,19,20). The van der Waals surface area contributed by atoms with Crippen molar-refractivity contribution < 1.29 is 9.90 Å². The van der Waals surface area contributed by atoms with Crippen LogP contribution in [0.15, 0.2) is 29.6 Å². The third kappa shape index (κ3) is 2.70. The maximum absolute atomic E-state index is 11.6. The SMILES string of the molecule is CCCC1(C(=O)O)CCN(Cc2csc3ccccc23)C1. The molecule has 0 bridgehead atoms. The summed E-state index contributed by atoms with van der Waals surface area (Å²) in [6, 6.07) is 8.44. The van der Waals surface area contributed by atoms with Gasteiger partial charge in [0.2, 0.25) is 0 Å². The molecule has 1 atom stereocenters. The van der Waals surface area contributed by atoms with Crippen LogP contribution in [0.3, 0.4) is 0 Å². The Morgan fingerprint density at radius 1 is 1.43 bits per heavy atom. The van der Waals surface area contributed by atoms with Crippen LogP contribution in [0, 0.1) is 5.41 Å². The number of aliphatic carboxylic acids is 1. The van der Waals surface area contributed by atoms with Crippen LogP contribution in [-0.2, 0) is 11.3 Å². The van der Waals surface area contributed by atoms with E-state index in [4.69, 9.17) is 0 Å². The average molecular weight is 303 g/mol. The Morgan fingerprint density at radius 3 is 3.00 bits per heavy atom. The zero-order chi connectivity index (χ0) is 14.9. The predicted molar refractivity (Wildman–Crippen MR) is 86.7 cm³/mol. The molecule has 0 saturated carbocycles. The fraction of sp³-hybridized carbons (Fsp3) is 0.471. The minimum Gasteiger partial charge on any atom is -0.481 e. The number of hydrogen-bond acceptors (Lipinski definition) is 3. The van der Waals surface area contributed by atoms with Crippen LogP contribution in [0.4, 0.5) is 0 Å². The van der Waals surface area contributed by atoms with Crippen LogP contribution >= 0.6 is 11.3 Å². The molecule has 3 nitrogen and oxygen atoms in total. The monoisotopic (exact) mass is 303 g/mol. The van der Waals surface area contributed by atoms with Crippen molar-refractivity contribution in [3.8, 4) is 0 Å². The van der Waals surface area contributed by atoms with Crippen molar-refractivity contribution in [3.63, 3.8) is 0 Å². The Balaban J connectivity index is 1.76. The molecule has 112 valence electrons. The molecule has 2 aromatic rings. The summed E-state index contributed by atoms with van der Waals surface area (Å²) in [5.74, 6) is -0.623. The van der Waals surface area contributed by atoms with Gasteiger partial charge in [-0.2, -0.15) is 0 Å². The van der Waals surface area contributed by atoms with Crippen molar-refractivity contribution in [2.45, 2.75) is 32.7 Å². The topological polar surface area (TPSA) is 40.5 Å². The number of thiophene rings is 1. The molecule has 0 spiro atoms. The van der Waals surface area contributed by atoms with Crippen LogP contribution in [0.25, 0.3) is 10.1 Å². The van der Waals surface area contributed by atoms with Gasteiger partial charge in [-0.25, -0.2) is 0 Å². The van der Waals surface area contributed by atoms with Crippen LogP contribution in [0.5, 0.6) is 0 Å². The number of carboxylic acids is 1. The third-order valence-electron chi connectivity index (χ3n) is 4.57. The van der Waals surface area contributed by atoms with Crippen LogP contribution in [-0.4, -0.2) is 29.1 Å². The van der Waals surface area contributed by atoms with E-state index in [2.05, 4.69) is 41.5 Å². The summed E-state index contributed by atoms with van der Waals surface area (Å²) in [4.78, 5) is 14.0. The normalized spacial score (nSPS) is 22.9. The van der Waals surface area contributed by atoms with E-state index >= 15 is 0 Å². The largest absolute Gasteiger partial charge is 0.481 e. The van der Waals surface area contributed by atoms with Gasteiger partial charge in [-0.15, -0.1) is 11.3 Å². The van der Waals surface area contributed by atoms with Crippen molar-refractivity contribution in [1.82, 2.24) is 4.90 Å². The van der Waals surface area contributed by atoms with E-state index in [1.807, 2.05) is 0 Å². The van der Waals surface area contributed by atoms with Crippen LogP contribution in [0.1, 0.15) is 31.7 Å². The molecule has 1 N–H and O–H groups in total. The summed E-state index contributed by atoms with van der Waals surface area (Å²) in [5, 5.41) is 13.1. The van der Waals surface area contributed by atoms with E-state index in [0.29, 0.717) is 6.54 Å². The Morgan fingerprint density at radius 2 is 2.24 bits per heavy atom. The van der Waals surface area contributed by atoms with Gasteiger partial charge < -0.3 is 5.11 Å². The van der Waals surface area contributed by atoms with Gasteiger partial charge in [0.1, 0.15) is 0 Å². The van der Waals surface area contributed by atoms with Crippen molar-refractivity contribution in [3.05, 3.63) is 35.2 Å². The lowest BCUT2D eigenvalue weighted by molar-refractivity contribution is -0.148. The fourth-order valence-corrected chi connectivity index (χ4v) is 4.41. The van der Waals surface area contributed by atoms with Gasteiger partial charge in [-0.3, -0.25) is 9.69 Å². The van der Waals surface area contributed by atoms with Crippen LogP contribution < -0.4 is 0 Å². The smallest absolute Gasteiger partial charge is 0.310 e. The molecule has 1 aliphatic heterocycles. The Bertz CT molecular complexity index is 651. The molecule has 1 aliphatic rings. The quantitative estimate of drug-likeness (QED) is 0.908. The van der Waals surface area contributed by atoms with E-state index in [0.717, 1.165) is 32.4 Å². The molecular formula is C17H21NO2S. The minimum atomic E-state index is -0.623. The molecule has 1 unspecified atom stereocenters. The average Bonchev–Trinajstić information content (AvgIpc) is 3.06. The first-order valence-electron chi connectivity index (χ1n) is 7.55. The lowest BCUT2D eigenvalue weighted by atomic mass is 9.83. The molecule has 0 amide bonds. The predicted octanol–water partition coefficient (Wildman–Crippen LogP) is 3.98. The number of hydrogen-bond donors (Lipinski definition) is 1. The second kappa shape index (κ2) is 5.78. The zero-order valence-electron chi connectivity index (χ0n) is 12.3. The van der Waals surface area contributed by atoms with E-state index in [1.165, 1.54) is 15.6 Å². The third-order valence-corrected chi connectivity index (χ3v) is 5.58. The molecule has 21 heavy (non-hydrogen) atoms. The highest BCUT2D eigenvalue weighted by Gasteiger charge is 2.43. The molecule has 0 aliphatic carbocycles. The maximum Gasteiger partial charge on any atom is 0.310 e. The Kier molecular flexibility index (Phi) is 4.00. The molecule has 1 fully saturated rings. The van der Waals surface area contributed by atoms with Crippen molar-refractivity contribution in [2.24, 2.45) is 5.41 Å². The number of nitrogens with zero attached hydrogens (tertiary/aromatic N) is 1. The first-order valence-corrected chi connectivity index (χ1v) is 8.43. The highest BCUT2D eigenvalue weighted by Crippen LogP contribution is 2.37. The fourth-order valence-electron chi connectivity index (χ4n) is 3.45. The molecule has 2 heterocycles. The summed E-state index contributed by atoms with van der Waals surface area (Å²) < 4.78 is 1.31. The highest BCUT2D eigenvalue weighted by molar-refractivity contribution is 7.17. The number of likely N-dealkylation sites (tertiary alicyclic amines) is 1. The highest BCUT2D eigenvalue weighted by atomic mass is 32.1. The van der Waals surface area contributed by atoms with Gasteiger partial charge in [0.25, 0.3) is 0 Å². The lowest BCUT2D eigenvalue weighted by Crippen LogP contribution is -2.34. The molecule has 1 aromatic heterocycles. The van der Waals surface area contributed by atoms with Crippen molar-refractivity contribution in [1.29, 1.82) is 0 Å². The Labute approximate surface area is 129 Å². The maximum atomic E-state index is 11.6. The number of fused-ring (bicyclic) bond motifs is 1. The summed E-state index contributed by atoms with van der Waals surface area (Å²) in [6.07, 6.45) is 2.49. The number of rotatable bonds is 5. The van der Waals surface area contributed by atoms with Crippen LogP contribution in [0.2, 0.25) is 0 Å². The van der Waals surface area contributed by atoms with Gasteiger partial charge in [0.15, 0.2) is 0 Å². The zero-order valence-corrected chi connectivity index (χ0v) is 13.2. The second-order valence-corrected chi connectivity index (χ2v) is 6.96. The van der Waals surface area contributed by atoms with E-state index in [1.54, 1.807) is 11.3 Å². The van der Waals surface area contributed by atoms with Gasteiger partial charge in [-0.1, -0.05) is 31.5 Å². The van der Waals surface area contributed by atoms with Gasteiger partial charge >= 0.3 is 5.97 Å². The first-order chi connectivity index (χ1) is 10.1. The second-order valence-electron chi connectivity index (χ2n) is 6.05. The summed E-state index contributed by atoms with van der Waals surface area (Å²) in [6.45, 7) is 4.50. The van der Waals surface area contributed by atoms with Crippen molar-refractivity contribution >= 4 is 27.4 Å². The lowest BCUT2D eigenvalue weighted by Gasteiger charge is -2.24. The minimum absolute atomic E-state index is 0.527. The number of carbonyl (C=O) groups is 1. The number of benzene rings is 1. The molecule has 0 radical (unpaired) electrons. The summed E-state index contributed by atoms with van der Waals surface area (Å²) in [5.41, 5.74) is 0.800. The molecule has 3 rings (SSSR count). The van der Waals surface area contributed by atoms with Gasteiger partial charge in [0.05, 0.1) is 5.41 Å². The van der Waals surface area contributed by atoms with Gasteiger partial charge in [-0.05, 0) is 41.8 Å². The van der Waals surface area contributed by atoms with E-state index in [-0.39, 0.29) is 0 Å². The summed E-state index contributed by atoms with van der Waals surface area (Å²) in [7, 11) is 0. The first kappa shape index (κ1) is 14.5. The molecule has 1 aromatic carbocycles.